The summed E-state index contributed by atoms with van der Waals surface area (Å²) in [6.45, 7) is 3.61. The van der Waals surface area contributed by atoms with Gasteiger partial charge in [-0.1, -0.05) is 12.8 Å². The number of likely N-dealkylation sites (tertiary alicyclic amines) is 1. The molecule has 6 heteroatoms. The SMILES string of the molecule is Cc1cc2[nH]c(=O)c3cnn(C4CCCC4)c3c2cc1C(=O)N1CCCCC1. The van der Waals surface area contributed by atoms with Crippen molar-refractivity contribution in [1.29, 1.82) is 0 Å². The number of amides is 1. The van der Waals surface area contributed by atoms with E-state index >= 15 is 0 Å². The van der Waals surface area contributed by atoms with Gasteiger partial charge in [-0.3, -0.25) is 14.3 Å². The van der Waals surface area contributed by atoms with Gasteiger partial charge in [-0.05, 0) is 56.7 Å². The number of hydrogen-bond donors (Lipinski definition) is 1. The Morgan fingerprint density at radius 1 is 1.07 bits per heavy atom. The Morgan fingerprint density at radius 2 is 1.82 bits per heavy atom. The standard InChI is InChI=1S/C22H26N4O2/c1-14-11-19-17(12-16(14)22(28)25-9-5-2-6-10-25)20-18(21(27)24-19)13-23-26(20)15-7-3-4-8-15/h11-13,15H,2-10H2,1H3,(H,24,27). The number of piperidine rings is 1. The average molecular weight is 378 g/mol. The van der Waals surface area contributed by atoms with Crippen molar-refractivity contribution in [2.45, 2.75) is 57.9 Å². The van der Waals surface area contributed by atoms with Crippen LogP contribution >= 0.6 is 0 Å². The van der Waals surface area contributed by atoms with E-state index in [1.807, 2.05) is 28.6 Å². The molecule has 1 saturated heterocycles. The summed E-state index contributed by atoms with van der Waals surface area (Å²) in [5.41, 5.74) is 3.19. The minimum Gasteiger partial charge on any atom is -0.339 e. The van der Waals surface area contributed by atoms with Crippen LogP contribution in [-0.4, -0.2) is 38.7 Å². The normalized spacial score (nSPS) is 18.4. The van der Waals surface area contributed by atoms with Crippen molar-refractivity contribution in [3.05, 3.63) is 39.8 Å². The van der Waals surface area contributed by atoms with Crippen LogP contribution in [0.4, 0.5) is 0 Å². The maximum absolute atomic E-state index is 13.2. The van der Waals surface area contributed by atoms with E-state index in [0.29, 0.717) is 11.4 Å². The number of aromatic amines is 1. The van der Waals surface area contributed by atoms with E-state index in [0.717, 1.165) is 66.3 Å². The third-order valence-electron chi connectivity index (χ3n) is 6.45. The summed E-state index contributed by atoms with van der Waals surface area (Å²) in [6.07, 6.45) is 9.61. The predicted molar refractivity (Wildman–Crippen MR) is 110 cm³/mol. The number of nitrogens with zero attached hydrogens (tertiary/aromatic N) is 3. The van der Waals surface area contributed by atoms with Crippen molar-refractivity contribution in [3.8, 4) is 0 Å². The Labute approximate surface area is 163 Å². The highest BCUT2D eigenvalue weighted by Crippen LogP contribution is 2.34. The van der Waals surface area contributed by atoms with Crippen LogP contribution in [0.3, 0.4) is 0 Å². The Morgan fingerprint density at radius 3 is 2.57 bits per heavy atom. The zero-order chi connectivity index (χ0) is 19.3. The van der Waals surface area contributed by atoms with Crippen molar-refractivity contribution in [1.82, 2.24) is 19.7 Å². The summed E-state index contributed by atoms with van der Waals surface area (Å²) in [4.78, 5) is 30.7. The van der Waals surface area contributed by atoms with Gasteiger partial charge in [-0.2, -0.15) is 5.10 Å². The van der Waals surface area contributed by atoms with Crippen LogP contribution in [0.1, 0.15) is 66.9 Å². The predicted octanol–water partition coefficient (Wildman–Crippen LogP) is 3.93. The fourth-order valence-electron chi connectivity index (χ4n) is 4.92. The Balaban J connectivity index is 1.71. The van der Waals surface area contributed by atoms with E-state index in [-0.39, 0.29) is 11.5 Å². The fraction of sp³-hybridized carbons (Fsp3) is 0.500. The number of rotatable bonds is 2. The van der Waals surface area contributed by atoms with E-state index in [4.69, 9.17) is 0 Å². The maximum Gasteiger partial charge on any atom is 0.259 e. The number of aryl methyl sites for hydroxylation is 1. The molecule has 0 bridgehead atoms. The molecule has 2 aliphatic rings. The van der Waals surface area contributed by atoms with Crippen LogP contribution in [0.25, 0.3) is 21.8 Å². The first-order valence-electron chi connectivity index (χ1n) is 10.5. The summed E-state index contributed by atoms with van der Waals surface area (Å²) in [5.74, 6) is 0.102. The first-order chi connectivity index (χ1) is 13.6. The lowest BCUT2D eigenvalue weighted by Gasteiger charge is -2.27. The number of carbonyl (C=O) groups is 1. The molecular formula is C22H26N4O2. The zero-order valence-electron chi connectivity index (χ0n) is 16.3. The summed E-state index contributed by atoms with van der Waals surface area (Å²) in [7, 11) is 0. The van der Waals surface area contributed by atoms with Gasteiger partial charge in [-0.25, -0.2) is 0 Å². The van der Waals surface area contributed by atoms with Gasteiger partial charge in [0.15, 0.2) is 0 Å². The molecule has 0 radical (unpaired) electrons. The number of H-pyrrole nitrogens is 1. The largest absolute Gasteiger partial charge is 0.339 e. The van der Waals surface area contributed by atoms with Crippen molar-refractivity contribution in [3.63, 3.8) is 0 Å². The number of carbonyl (C=O) groups excluding carboxylic acids is 1. The van der Waals surface area contributed by atoms with Crippen LogP contribution in [0.2, 0.25) is 0 Å². The Bertz CT molecular complexity index is 1110. The first-order valence-corrected chi connectivity index (χ1v) is 10.5. The summed E-state index contributed by atoms with van der Waals surface area (Å²) >= 11 is 0. The molecule has 6 nitrogen and oxygen atoms in total. The lowest BCUT2D eigenvalue weighted by atomic mass is 10.0. The van der Waals surface area contributed by atoms with Crippen LogP contribution < -0.4 is 5.56 Å². The third kappa shape index (κ3) is 2.74. The minimum absolute atomic E-state index is 0.102. The highest BCUT2D eigenvalue weighted by molar-refractivity contribution is 6.07. The molecule has 1 N–H and O–H groups in total. The molecule has 3 aromatic rings. The molecule has 0 atom stereocenters. The van der Waals surface area contributed by atoms with Gasteiger partial charge in [0.2, 0.25) is 0 Å². The van der Waals surface area contributed by atoms with Gasteiger partial charge < -0.3 is 9.88 Å². The summed E-state index contributed by atoms with van der Waals surface area (Å²) in [5, 5.41) is 6.11. The second kappa shape index (κ2) is 6.76. The molecule has 1 aliphatic carbocycles. The van der Waals surface area contributed by atoms with Crippen molar-refractivity contribution in [2.24, 2.45) is 0 Å². The summed E-state index contributed by atoms with van der Waals surface area (Å²) in [6, 6.07) is 4.26. The average Bonchev–Trinajstić information content (AvgIpc) is 3.38. The van der Waals surface area contributed by atoms with E-state index in [1.165, 1.54) is 19.3 Å². The van der Waals surface area contributed by atoms with Crippen molar-refractivity contribution < 1.29 is 4.79 Å². The monoisotopic (exact) mass is 378 g/mol. The molecule has 0 spiro atoms. The van der Waals surface area contributed by atoms with Gasteiger partial charge in [0.1, 0.15) is 0 Å². The van der Waals surface area contributed by atoms with Crippen LogP contribution in [0, 0.1) is 6.92 Å². The number of hydrogen-bond acceptors (Lipinski definition) is 3. The molecule has 1 saturated carbocycles. The van der Waals surface area contributed by atoms with Gasteiger partial charge in [0.05, 0.1) is 28.7 Å². The smallest absolute Gasteiger partial charge is 0.259 e. The Hall–Kier alpha value is -2.63. The maximum atomic E-state index is 13.2. The lowest BCUT2D eigenvalue weighted by Crippen LogP contribution is -2.36. The molecule has 2 aromatic heterocycles. The van der Waals surface area contributed by atoms with Crippen molar-refractivity contribution in [2.75, 3.05) is 13.1 Å². The number of fused-ring (bicyclic) bond motifs is 3. The molecule has 1 amide bonds. The van der Waals surface area contributed by atoms with Crippen molar-refractivity contribution >= 4 is 27.7 Å². The highest BCUT2D eigenvalue weighted by atomic mass is 16.2. The molecule has 1 aliphatic heterocycles. The van der Waals surface area contributed by atoms with Crippen LogP contribution in [0.5, 0.6) is 0 Å². The third-order valence-corrected chi connectivity index (χ3v) is 6.45. The molecule has 0 unspecified atom stereocenters. The Kier molecular flexibility index (Phi) is 4.22. The van der Waals surface area contributed by atoms with Gasteiger partial charge in [0, 0.05) is 24.0 Å². The van der Waals surface area contributed by atoms with E-state index < -0.39 is 0 Å². The highest BCUT2D eigenvalue weighted by Gasteiger charge is 2.24. The van der Waals surface area contributed by atoms with E-state index in [1.54, 1.807) is 6.20 Å². The number of aromatic nitrogens is 3. The van der Waals surface area contributed by atoms with E-state index in [2.05, 4.69) is 10.1 Å². The second-order valence-corrected chi connectivity index (χ2v) is 8.31. The molecule has 28 heavy (non-hydrogen) atoms. The van der Waals surface area contributed by atoms with Gasteiger partial charge >= 0.3 is 0 Å². The van der Waals surface area contributed by atoms with Crippen LogP contribution in [0.15, 0.2) is 23.1 Å². The van der Waals surface area contributed by atoms with Gasteiger partial charge in [-0.15, -0.1) is 0 Å². The molecule has 2 fully saturated rings. The minimum atomic E-state index is -0.110. The quantitative estimate of drug-likeness (QED) is 0.734. The molecule has 3 heterocycles. The molecular weight excluding hydrogens is 352 g/mol. The topological polar surface area (TPSA) is 71.0 Å². The second-order valence-electron chi connectivity index (χ2n) is 8.31. The number of nitrogens with one attached hydrogen (secondary N) is 1. The number of pyridine rings is 1. The number of benzene rings is 1. The fourth-order valence-corrected chi connectivity index (χ4v) is 4.92. The van der Waals surface area contributed by atoms with E-state index in [9.17, 15) is 9.59 Å². The first kappa shape index (κ1) is 17.5. The zero-order valence-corrected chi connectivity index (χ0v) is 16.3. The lowest BCUT2D eigenvalue weighted by molar-refractivity contribution is 0.0724. The van der Waals surface area contributed by atoms with Crippen LogP contribution in [-0.2, 0) is 0 Å². The summed E-state index contributed by atoms with van der Waals surface area (Å²) < 4.78 is 2.03. The molecule has 146 valence electrons. The molecule has 5 rings (SSSR count). The van der Waals surface area contributed by atoms with Gasteiger partial charge in [0.25, 0.3) is 11.5 Å². The molecule has 1 aromatic carbocycles.